The molecule has 2 aromatic rings. The van der Waals surface area contributed by atoms with Gasteiger partial charge in [-0.15, -0.1) is 0 Å². The van der Waals surface area contributed by atoms with Gasteiger partial charge in [-0.2, -0.15) is 0 Å². The molecule has 4 heteroatoms. The van der Waals surface area contributed by atoms with Gasteiger partial charge in [-0.3, -0.25) is 4.79 Å². The zero-order valence-electron chi connectivity index (χ0n) is 12.8. The number of nitrogens with zero attached hydrogens (tertiary/aromatic N) is 1. The minimum Gasteiger partial charge on any atom is -0.410 e. The number of carbonyl (C=O) groups excluding carboxylic acids is 2. The molecule has 0 unspecified atom stereocenters. The minimum absolute atomic E-state index is 0.359. The van der Waals surface area contributed by atoms with Crippen LogP contribution in [0.3, 0.4) is 0 Å². The van der Waals surface area contributed by atoms with Gasteiger partial charge >= 0.3 is 6.09 Å². The number of amides is 1. The Morgan fingerprint density at radius 2 is 1.68 bits per heavy atom. The highest BCUT2D eigenvalue weighted by molar-refractivity contribution is 5.80. The lowest BCUT2D eigenvalue weighted by Gasteiger charge is -2.19. The molecule has 4 nitrogen and oxygen atoms in total. The topological polar surface area (TPSA) is 46.6 Å². The van der Waals surface area contributed by atoms with E-state index in [1.54, 1.807) is 23.1 Å². The molecule has 0 heterocycles. The first kappa shape index (κ1) is 15.8. The van der Waals surface area contributed by atoms with Crippen molar-refractivity contribution in [3.05, 3.63) is 54.1 Å². The number of carbonyl (C=O) groups is 2. The van der Waals surface area contributed by atoms with Crippen LogP contribution in [0.4, 0.5) is 4.79 Å². The normalized spacial score (nSPS) is 10.1. The van der Waals surface area contributed by atoms with Crippen molar-refractivity contribution in [1.82, 2.24) is 4.90 Å². The molecule has 0 aliphatic heterocycles. The van der Waals surface area contributed by atoms with Gasteiger partial charge in [0.25, 0.3) is 0 Å². The van der Waals surface area contributed by atoms with Crippen molar-refractivity contribution in [3.63, 3.8) is 0 Å². The van der Waals surface area contributed by atoms with E-state index < -0.39 is 0 Å². The number of aldehydes is 1. The predicted molar refractivity (Wildman–Crippen MR) is 86.2 cm³/mol. The quantitative estimate of drug-likeness (QED) is 0.783. The molecule has 0 saturated heterocycles. The van der Waals surface area contributed by atoms with Crippen LogP contribution in [0, 0.1) is 0 Å². The molecule has 0 radical (unpaired) electrons. The molecule has 114 valence electrons. The van der Waals surface area contributed by atoms with Gasteiger partial charge in [0.2, 0.25) is 0 Å². The van der Waals surface area contributed by atoms with Gasteiger partial charge in [-0.25, -0.2) is 4.79 Å². The van der Waals surface area contributed by atoms with Gasteiger partial charge in [-0.1, -0.05) is 42.5 Å². The third kappa shape index (κ3) is 3.52. The van der Waals surface area contributed by atoms with Crippen LogP contribution >= 0.6 is 0 Å². The van der Waals surface area contributed by atoms with Gasteiger partial charge < -0.3 is 9.64 Å². The molecular weight excluding hydrogens is 278 g/mol. The summed E-state index contributed by atoms with van der Waals surface area (Å²) >= 11 is 0. The Morgan fingerprint density at radius 1 is 1.05 bits per heavy atom. The Labute approximate surface area is 130 Å². The van der Waals surface area contributed by atoms with E-state index in [9.17, 15) is 9.59 Å². The van der Waals surface area contributed by atoms with Crippen molar-refractivity contribution in [1.29, 1.82) is 0 Å². The first-order valence-electron chi connectivity index (χ1n) is 7.31. The molecular formula is C18H19NO3. The van der Waals surface area contributed by atoms with E-state index in [0.29, 0.717) is 24.4 Å². The summed E-state index contributed by atoms with van der Waals surface area (Å²) in [5.74, 6) is 0.512. The number of rotatable bonds is 5. The van der Waals surface area contributed by atoms with Crippen molar-refractivity contribution in [2.75, 3.05) is 13.1 Å². The van der Waals surface area contributed by atoms with Crippen LogP contribution in [0.25, 0.3) is 11.1 Å². The molecule has 0 aliphatic rings. The lowest BCUT2D eigenvalue weighted by atomic mass is 10.0. The van der Waals surface area contributed by atoms with Crippen LogP contribution in [0.5, 0.6) is 5.75 Å². The monoisotopic (exact) mass is 297 g/mol. The van der Waals surface area contributed by atoms with Crippen LogP contribution in [0.1, 0.15) is 24.2 Å². The van der Waals surface area contributed by atoms with Crippen LogP contribution in [-0.2, 0) is 0 Å². The Kier molecular flexibility index (Phi) is 5.31. The zero-order valence-corrected chi connectivity index (χ0v) is 12.8. The molecule has 0 atom stereocenters. The maximum Gasteiger partial charge on any atom is 0.415 e. The number of para-hydroxylation sites is 1. The number of hydrogen-bond acceptors (Lipinski definition) is 3. The third-order valence-corrected chi connectivity index (χ3v) is 3.46. The highest BCUT2D eigenvalue weighted by Gasteiger charge is 2.14. The van der Waals surface area contributed by atoms with Crippen LogP contribution in [-0.4, -0.2) is 30.4 Å². The molecule has 0 aromatic heterocycles. The molecule has 2 rings (SSSR count). The summed E-state index contributed by atoms with van der Waals surface area (Å²) in [4.78, 5) is 24.5. The van der Waals surface area contributed by atoms with Crippen molar-refractivity contribution in [2.24, 2.45) is 0 Å². The van der Waals surface area contributed by atoms with E-state index in [1.165, 1.54) is 0 Å². The molecule has 0 spiro atoms. The van der Waals surface area contributed by atoms with Crippen molar-refractivity contribution in [3.8, 4) is 16.9 Å². The maximum atomic E-state index is 12.1. The Hall–Kier alpha value is -2.62. The largest absolute Gasteiger partial charge is 0.415 e. The fourth-order valence-corrected chi connectivity index (χ4v) is 2.18. The summed E-state index contributed by atoms with van der Waals surface area (Å²) in [5, 5.41) is 0. The molecule has 22 heavy (non-hydrogen) atoms. The second kappa shape index (κ2) is 7.41. The van der Waals surface area contributed by atoms with Gasteiger partial charge in [0.05, 0.1) is 0 Å². The molecule has 1 amide bonds. The Balaban J connectivity index is 2.29. The number of hydrogen-bond donors (Lipinski definition) is 0. The summed E-state index contributed by atoms with van der Waals surface area (Å²) in [6, 6.07) is 14.5. The minimum atomic E-state index is -0.359. The smallest absolute Gasteiger partial charge is 0.410 e. The average molecular weight is 297 g/mol. The highest BCUT2D eigenvalue weighted by atomic mass is 16.6. The molecule has 0 saturated carbocycles. The van der Waals surface area contributed by atoms with E-state index in [4.69, 9.17) is 4.74 Å². The average Bonchev–Trinajstić information content (AvgIpc) is 2.56. The second-order valence-electron chi connectivity index (χ2n) is 4.78. The van der Waals surface area contributed by atoms with Gasteiger partial charge in [0.1, 0.15) is 12.0 Å². The Morgan fingerprint density at radius 3 is 2.27 bits per heavy atom. The van der Waals surface area contributed by atoms with Crippen LogP contribution in [0.2, 0.25) is 0 Å². The number of benzene rings is 2. The maximum absolute atomic E-state index is 12.1. The van der Waals surface area contributed by atoms with Crippen molar-refractivity contribution < 1.29 is 14.3 Å². The predicted octanol–water partition coefficient (Wildman–Crippen LogP) is 4.01. The zero-order chi connectivity index (χ0) is 15.9. The first-order valence-corrected chi connectivity index (χ1v) is 7.31. The molecule has 0 fully saturated rings. The third-order valence-electron chi connectivity index (χ3n) is 3.46. The van der Waals surface area contributed by atoms with Gasteiger partial charge in [0.15, 0.2) is 0 Å². The molecule has 2 aromatic carbocycles. The summed E-state index contributed by atoms with van der Waals surface area (Å²) < 4.78 is 5.52. The number of ether oxygens (including phenoxy) is 1. The highest BCUT2D eigenvalue weighted by Crippen LogP contribution is 2.30. The van der Waals surface area contributed by atoms with E-state index >= 15 is 0 Å². The summed E-state index contributed by atoms with van der Waals surface area (Å²) in [7, 11) is 0. The molecule has 0 aliphatic carbocycles. The van der Waals surface area contributed by atoms with E-state index in [1.807, 2.05) is 44.2 Å². The van der Waals surface area contributed by atoms with Crippen LogP contribution in [0.15, 0.2) is 48.5 Å². The fraction of sp³-hybridized carbons (Fsp3) is 0.222. The Bertz CT molecular complexity index is 646. The standard InChI is InChI=1S/C18H19NO3/c1-3-19(4-2)18(21)22-17-8-6-5-7-16(17)15-11-9-14(13-20)10-12-15/h5-13H,3-4H2,1-2H3. The van der Waals surface area contributed by atoms with Gasteiger partial charge in [0, 0.05) is 24.2 Å². The van der Waals surface area contributed by atoms with Gasteiger partial charge in [-0.05, 0) is 25.5 Å². The fourth-order valence-electron chi connectivity index (χ4n) is 2.18. The van der Waals surface area contributed by atoms with E-state index in [0.717, 1.165) is 17.4 Å². The lowest BCUT2D eigenvalue weighted by Crippen LogP contribution is -2.33. The van der Waals surface area contributed by atoms with Crippen molar-refractivity contribution >= 4 is 12.4 Å². The lowest BCUT2D eigenvalue weighted by molar-refractivity contribution is 0.112. The first-order chi connectivity index (χ1) is 10.7. The van der Waals surface area contributed by atoms with E-state index in [-0.39, 0.29) is 6.09 Å². The summed E-state index contributed by atoms with van der Waals surface area (Å²) in [6.07, 6.45) is 0.442. The SMILES string of the molecule is CCN(CC)C(=O)Oc1ccccc1-c1ccc(C=O)cc1. The van der Waals surface area contributed by atoms with Crippen molar-refractivity contribution in [2.45, 2.75) is 13.8 Å². The van der Waals surface area contributed by atoms with E-state index in [2.05, 4.69) is 0 Å². The molecule has 0 bridgehead atoms. The summed E-state index contributed by atoms with van der Waals surface area (Å²) in [6.45, 7) is 5.03. The summed E-state index contributed by atoms with van der Waals surface area (Å²) in [5.41, 5.74) is 2.33. The molecule has 0 N–H and O–H groups in total. The second-order valence-corrected chi connectivity index (χ2v) is 4.78. The van der Waals surface area contributed by atoms with Crippen LogP contribution < -0.4 is 4.74 Å².